The van der Waals surface area contributed by atoms with Gasteiger partial charge in [-0.15, -0.1) is 0 Å². The molecule has 112 valence electrons. The summed E-state index contributed by atoms with van der Waals surface area (Å²) in [5.41, 5.74) is 0.978. The molecule has 2 aromatic rings. The average molecular weight is 288 g/mol. The second-order valence-corrected chi connectivity index (χ2v) is 6.15. The van der Waals surface area contributed by atoms with Gasteiger partial charge in [0.25, 0.3) is 0 Å². The quantitative estimate of drug-likeness (QED) is 0.937. The Balaban J connectivity index is 1.76. The van der Waals surface area contributed by atoms with Crippen molar-refractivity contribution >= 4 is 17.1 Å². The van der Waals surface area contributed by atoms with Crippen LogP contribution in [0.5, 0.6) is 0 Å². The molecule has 1 aliphatic rings. The number of rotatable bonds is 4. The number of aromatic nitrogens is 1. The Morgan fingerprint density at radius 2 is 2.24 bits per heavy atom. The fraction of sp³-hybridized carbons (Fsp3) is 0.500. The van der Waals surface area contributed by atoms with Crippen LogP contribution in [-0.4, -0.2) is 34.0 Å². The molecule has 1 aromatic heterocycles. The van der Waals surface area contributed by atoms with Gasteiger partial charge in [0.05, 0.1) is 12.0 Å². The Hall–Kier alpha value is -1.88. The first-order valence-electron chi connectivity index (χ1n) is 7.31. The third-order valence-corrected chi connectivity index (χ3v) is 4.61. The van der Waals surface area contributed by atoms with Crippen molar-refractivity contribution in [3.8, 4) is 0 Å². The van der Waals surface area contributed by atoms with E-state index in [1.807, 2.05) is 38.1 Å². The average Bonchev–Trinajstić information content (AvgIpc) is 3.02. The van der Waals surface area contributed by atoms with Crippen LogP contribution in [0.15, 0.2) is 28.7 Å². The molecule has 0 saturated carbocycles. The lowest BCUT2D eigenvalue weighted by Crippen LogP contribution is -2.39. The minimum atomic E-state index is -0.697. The van der Waals surface area contributed by atoms with Gasteiger partial charge < -0.3 is 9.52 Å². The Morgan fingerprint density at radius 3 is 2.86 bits per heavy atom. The third-order valence-electron chi connectivity index (χ3n) is 4.61. The molecule has 0 spiro atoms. The van der Waals surface area contributed by atoms with E-state index in [9.17, 15) is 9.90 Å². The van der Waals surface area contributed by atoms with Crippen LogP contribution in [0, 0.1) is 11.3 Å². The standard InChI is InChI=1S/C16H20N2O3/c1-11(2)16(15(19)20)7-8-18(10-16)9-14-17-12-5-3-4-6-13(12)21-14/h3-6,11H,7-10H2,1-2H3,(H,19,20). The molecule has 0 radical (unpaired) electrons. The lowest BCUT2D eigenvalue weighted by molar-refractivity contribution is -0.151. The second kappa shape index (κ2) is 5.15. The van der Waals surface area contributed by atoms with E-state index >= 15 is 0 Å². The van der Waals surface area contributed by atoms with E-state index in [1.165, 1.54) is 0 Å². The van der Waals surface area contributed by atoms with Crippen molar-refractivity contribution < 1.29 is 14.3 Å². The molecule has 1 unspecified atom stereocenters. The van der Waals surface area contributed by atoms with E-state index in [0.29, 0.717) is 25.4 Å². The van der Waals surface area contributed by atoms with Gasteiger partial charge in [-0.2, -0.15) is 0 Å². The van der Waals surface area contributed by atoms with Crippen LogP contribution in [0.3, 0.4) is 0 Å². The maximum absolute atomic E-state index is 11.6. The van der Waals surface area contributed by atoms with E-state index in [-0.39, 0.29) is 5.92 Å². The summed E-state index contributed by atoms with van der Waals surface area (Å²) >= 11 is 0. The van der Waals surface area contributed by atoms with Crippen molar-refractivity contribution in [1.82, 2.24) is 9.88 Å². The molecule has 1 saturated heterocycles. The number of hydrogen-bond acceptors (Lipinski definition) is 4. The highest BCUT2D eigenvalue weighted by Crippen LogP contribution is 2.38. The van der Waals surface area contributed by atoms with Crippen LogP contribution in [-0.2, 0) is 11.3 Å². The van der Waals surface area contributed by atoms with Crippen molar-refractivity contribution in [2.75, 3.05) is 13.1 Å². The largest absolute Gasteiger partial charge is 0.481 e. The van der Waals surface area contributed by atoms with E-state index < -0.39 is 11.4 Å². The van der Waals surface area contributed by atoms with Crippen LogP contribution in [0.25, 0.3) is 11.1 Å². The smallest absolute Gasteiger partial charge is 0.311 e. The normalized spacial score (nSPS) is 23.2. The lowest BCUT2D eigenvalue weighted by Gasteiger charge is -2.28. The van der Waals surface area contributed by atoms with Gasteiger partial charge in [0.15, 0.2) is 5.58 Å². The third kappa shape index (κ3) is 2.42. The van der Waals surface area contributed by atoms with E-state index in [0.717, 1.165) is 17.6 Å². The number of nitrogens with zero attached hydrogens (tertiary/aromatic N) is 2. The number of aliphatic carboxylic acids is 1. The molecule has 5 heteroatoms. The number of carboxylic acid groups (broad SMARTS) is 1. The fourth-order valence-electron chi connectivity index (χ4n) is 3.12. The Bertz CT molecular complexity index is 631. The van der Waals surface area contributed by atoms with Gasteiger partial charge in [-0.05, 0) is 31.0 Å². The maximum Gasteiger partial charge on any atom is 0.311 e. The van der Waals surface area contributed by atoms with Gasteiger partial charge in [0.2, 0.25) is 5.89 Å². The Morgan fingerprint density at radius 1 is 1.48 bits per heavy atom. The zero-order chi connectivity index (χ0) is 15.0. The van der Waals surface area contributed by atoms with Gasteiger partial charge in [-0.1, -0.05) is 26.0 Å². The molecule has 5 nitrogen and oxygen atoms in total. The predicted octanol–water partition coefficient (Wildman–Crippen LogP) is 2.76. The number of likely N-dealkylation sites (tertiary alicyclic amines) is 1. The highest BCUT2D eigenvalue weighted by Gasteiger charge is 2.47. The number of para-hydroxylation sites is 2. The van der Waals surface area contributed by atoms with Crippen LogP contribution >= 0.6 is 0 Å². The van der Waals surface area contributed by atoms with E-state index in [2.05, 4.69) is 9.88 Å². The van der Waals surface area contributed by atoms with E-state index in [4.69, 9.17) is 4.42 Å². The SMILES string of the molecule is CC(C)C1(C(=O)O)CCN(Cc2nc3ccccc3o2)C1. The van der Waals surface area contributed by atoms with Crippen LogP contribution in [0.1, 0.15) is 26.2 Å². The fourth-order valence-corrected chi connectivity index (χ4v) is 3.12. The molecular formula is C16H20N2O3. The first kappa shape index (κ1) is 14.1. The van der Waals surface area contributed by atoms with Crippen molar-refractivity contribution in [2.24, 2.45) is 11.3 Å². The molecule has 1 atom stereocenters. The maximum atomic E-state index is 11.6. The summed E-state index contributed by atoms with van der Waals surface area (Å²) in [6.07, 6.45) is 0.681. The molecule has 0 aliphatic carbocycles. The van der Waals surface area contributed by atoms with Crippen molar-refractivity contribution in [3.63, 3.8) is 0 Å². The minimum absolute atomic E-state index is 0.114. The molecule has 2 heterocycles. The minimum Gasteiger partial charge on any atom is -0.481 e. The second-order valence-electron chi connectivity index (χ2n) is 6.15. The molecule has 1 aromatic carbocycles. The summed E-state index contributed by atoms with van der Waals surface area (Å²) in [6.45, 7) is 5.85. The monoisotopic (exact) mass is 288 g/mol. The first-order valence-corrected chi connectivity index (χ1v) is 7.31. The molecule has 3 rings (SSSR count). The van der Waals surface area contributed by atoms with Crippen LogP contribution in [0.2, 0.25) is 0 Å². The van der Waals surface area contributed by atoms with Gasteiger partial charge >= 0.3 is 5.97 Å². The number of carboxylic acids is 1. The summed E-state index contributed by atoms with van der Waals surface area (Å²) in [5.74, 6) is 0.0716. The Labute approximate surface area is 123 Å². The summed E-state index contributed by atoms with van der Waals surface area (Å²) in [6, 6.07) is 7.66. The summed E-state index contributed by atoms with van der Waals surface area (Å²) in [7, 11) is 0. The molecule has 21 heavy (non-hydrogen) atoms. The van der Waals surface area contributed by atoms with Crippen molar-refractivity contribution in [1.29, 1.82) is 0 Å². The number of hydrogen-bond donors (Lipinski definition) is 1. The van der Waals surface area contributed by atoms with Gasteiger partial charge in [-0.3, -0.25) is 9.69 Å². The number of oxazole rings is 1. The zero-order valence-electron chi connectivity index (χ0n) is 12.4. The summed E-state index contributed by atoms with van der Waals surface area (Å²) in [5, 5.41) is 9.57. The van der Waals surface area contributed by atoms with Crippen molar-refractivity contribution in [3.05, 3.63) is 30.2 Å². The van der Waals surface area contributed by atoms with Crippen molar-refractivity contribution in [2.45, 2.75) is 26.8 Å². The molecule has 1 fully saturated rings. The molecular weight excluding hydrogens is 268 g/mol. The first-order chi connectivity index (χ1) is 10.0. The van der Waals surface area contributed by atoms with Crippen LogP contribution < -0.4 is 0 Å². The molecule has 0 amide bonds. The zero-order valence-corrected chi connectivity index (χ0v) is 12.4. The van der Waals surface area contributed by atoms with E-state index in [1.54, 1.807) is 0 Å². The summed E-state index contributed by atoms with van der Waals surface area (Å²) in [4.78, 5) is 18.2. The number of benzene rings is 1. The molecule has 0 bridgehead atoms. The van der Waals surface area contributed by atoms with Crippen LogP contribution in [0.4, 0.5) is 0 Å². The lowest BCUT2D eigenvalue weighted by atomic mass is 9.76. The number of fused-ring (bicyclic) bond motifs is 1. The van der Waals surface area contributed by atoms with Gasteiger partial charge in [-0.25, -0.2) is 4.98 Å². The molecule has 1 aliphatic heterocycles. The Kier molecular flexibility index (Phi) is 3.45. The van der Waals surface area contributed by atoms with Gasteiger partial charge in [0, 0.05) is 6.54 Å². The summed E-state index contributed by atoms with van der Waals surface area (Å²) < 4.78 is 5.72. The molecule has 1 N–H and O–H groups in total. The highest BCUT2D eigenvalue weighted by atomic mass is 16.4. The highest BCUT2D eigenvalue weighted by molar-refractivity contribution is 5.76. The predicted molar refractivity (Wildman–Crippen MR) is 78.8 cm³/mol. The topological polar surface area (TPSA) is 66.6 Å². The van der Waals surface area contributed by atoms with Gasteiger partial charge in [0.1, 0.15) is 5.52 Å². The number of carbonyl (C=O) groups is 1.